The van der Waals surface area contributed by atoms with Gasteiger partial charge in [0, 0.05) is 18.7 Å². The number of carbonyl (C=O) groups is 1. The lowest BCUT2D eigenvalue weighted by atomic mass is 10.2. The van der Waals surface area contributed by atoms with Crippen molar-refractivity contribution >= 4 is 27.3 Å². The predicted molar refractivity (Wildman–Crippen MR) is 97.6 cm³/mol. The summed E-state index contributed by atoms with van der Waals surface area (Å²) >= 11 is 0. The lowest BCUT2D eigenvalue weighted by Crippen LogP contribution is -2.32. The van der Waals surface area contributed by atoms with Crippen LogP contribution >= 0.6 is 0 Å². The van der Waals surface area contributed by atoms with Crippen LogP contribution in [0.25, 0.3) is 0 Å². The molecule has 0 aliphatic carbocycles. The number of sulfonamides is 1. The van der Waals surface area contributed by atoms with Gasteiger partial charge in [0.15, 0.2) is 0 Å². The second-order valence-corrected chi connectivity index (χ2v) is 7.69. The van der Waals surface area contributed by atoms with E-state index in [1.807, 2.05) is 19.1 Å². The standard InChI is InChI=1S/C18H21FN2O3S/c1-14-6-3-4-7-17(14)21(25(2,23)24)13-5-8-18(22)20-16-11-9-15(19)10-12-16/h3-4,6-7,9-12H,5,8,13H2,1-2H3,(H,20,22). The van der Waals surface area contributed by atoms with E-state index in [4.69, 9.17) is 0 Å². The maximum absolute atomic E-state index is 12.8. The van der Waals surface area contributed by atoms with E-state index in [-0.39, 0.29) is 24.7 Å². The number of hydrogen-bond acceptors (Lipinski definition) is 3. The summed E-state index contributed by atoms with van der Waals surface area (Å²) in [5.41, 5.74) is 1.97. The Labute approximate surface area is 147 Å². The first kappa shape index (κ1) is 18.9. The molecule has 2 rings (SSSR count). The van der Waals surface area contributed by atoms with Crippen LogP contribution in [0.1, 0.15) is 18.4 Å². The average Bonchev–Trinajstić information content (AvgIpc) is 2.54. The summed E-state index contributed by atoms with van der Waals surface area (Å²) in [5.74, 6) is -0.620. The summed E-state index contributed by atoms with van der Waals surface area (Å²) in [7, 11) is -3.44. The SMILES string of the molecule is Cc1ccccc1N(CCCC(=O)Nc1ccc(F)cc1)S(C)(=O)=O. The Morgan fingerprint density at radius 2 is 1.76 bits per heavy atom. The number of anilines is 2. The van der Waals surface area contributed by atoms with Gasteiger partial charge in [-0.05, 0) is 49.2 Å². The Morgan fingerprint density at radius 1 is 1.12 bits per heavy atom. The molecule has 0 radical (unpaired) electrons. The normalized spacial score (nSPS) is 11.2. The molecule has 0 heterocycles. The molecule has 1 amide bonds. The van der Waals surface area contributed by atoms with Crippen molar-refractivity contribution in [3.63, 3.8) is 0 Å². The second-order valence-electron chi connectivity index (χ2n) is 5.78. The maximum atomic E-state index is 12.8. The summed E-state index contributed by atoms with van der Waals surface area (Å²) in [6, 6.07) is 12.7. The van der Waals surface area contributed by atoms with Crippen LogP contribution in [0.5, 0.6) is 0 Å². The molecular formula is C18H21FN2O3S. The highest BCUT2D eigenvalue weighted by atomic mass is 32.2. The molecule has 5 nitrogen and oxygen atoms in total. The maximum Gasteiger partial charge on any atom is 0.232 e. The van der Waals surface area contributed by atoms with Crippen LogP contribution in [0, 0.1) is 12.7 Å². The number of para-hydroxylation sites is 1. The molecule has 7 heteroatoms. The van der Waals surface area contributed by atoms with Crippen LogP contribution in [0.2, 0.25) is 0 Å². The van der Waals surface area contributed by atoms with Crippen LogP contribution in [-0.2, 0) is 14.8 Å². The van der Waals surface area contributed by atoms with Crippen molar-refractivity contribution in [2.24, 2.45) is 0 Å². The zero-order valence-corrected chi connectivity index (χ0v) is 15.0. The minimum atomic E-state index is -3.44. The first-order valence-electron chi connectivity index (χ1n) is 7.86. The minimum Gasteiger partial charge on any atom is -0.326 e. The lowest BCUT2D eigenvalue weighted by molar-refractivity contribution is -0.116. The van der Waals surface area contributed by atoms with Gasteiger partial charge < -0.3 is 5.32 Å². The van der Waals surface area contributed by atoms with Crippen molar-refractivity contribution in [1.29, 1.82) is 0 Å². The fourth-order valence-electron chi connectivity index (χ4n) is 2.45. The highest BCUT2D eigenvalue weighted by molar-refractivity contribution is 7.92. The van der Waals surface area contributed by atoms with E-state index in [2.05, 4.69) is 5.32 Å². The summed E-state index contributed by atoms with van der Waals surface area (Å²) in [4.78, 5) is 12.0. The third kappa shape index (κ3) is 5.56. The van der Waals surface area contributed by atoms with E-state index >= 15 is 0 Å². The zero-order chi connectivity index (χ0) is 18.4. The minimum absolute atomic E-state index is 0.162. The van der Waals surface area contributed by atoms with Crippen LogP contribution in [0.3, 0.4) is 0 Å². The molecule has 1 N–H and O–H groups in total. The summed E-state index contributed by atoms with van der Waals surface area (Å²) in [5, 5.41) is 2.66. The molecule has 2 aromatic rings. The van der Waals surface area contributed by atoms with Gasteiger partial charge in [-0.3, -0.25) is 9.10 Å². The summed E-state index contributed by atoms with van der Waals surface area (Å²) in [6.45, 7) is 2.05. The molecule has 25 heavy (non-hydrogen) atoms. The van der Waals surface area contributed by atoms with Gasteiger partial charge in [0.1, 0.15) is 5.82 Å². The van der Waals surface area contributed by atoms with E-state index < -0.39 is 10.0 Å². The van der Waals surface area contributed by atoms with Gasteiger partial charge in [-0.15, -0.1) is 0 Å². The molecule has 0 fully saturated rings. The Bertz CT molecular complexity index is 836. The largest absolute Gasteiger partial charge is 0.326 e. The molecule has 0 bridgehead atoms. The summed E-state index contributed by atoms with van der Waals surface area (Å²) < 4.78 is 38.3. The smallest absolute Gasteiger partial charge is 0.232 e. The van der Waals surface area contributed by atoms with Gasteiger partial charge >= 0.3 is 0 Å². The molecule has 2 aromatic carbocycles. The van der Waals surface area contributed by atoms with Crippen molar-refractivity contribution in [2.75, 3.05) is 22.4 Å². The highest BCUT2D eigenvalue weighted by Gasteiger charge is 2.19. The number of benzene rings is 2. The van der Waals surface area contributed by atoms with Gasteiger partial charge in [0.2, 0.25) is 15.9 Å². The number of halogens is 1. The monoisotopic (exact) mass is 364 g/mol. The molecule has 0 saturated heterocycles. The van der Waals surface area contributed by atoms with Gasteiger partial charge in [-0.2, -0.15) is 0 Å². The van der Waals surface area contributed by atoms with E-state index in [0.717, 1.165) is 11.8 Å². The van der Waals surface area contributed by atoms with Crippen molar-refractivity contribution < 1.29 is 17.6 Å². The Kier molecular flexibility index (Phi) is 6.14. The molecule has 0 atom stereocenters. The topological polar surface area (TPSA) is 66.5 Å². The van der Waals surface area contributed by atoms with E-state index in [9.17, 15) is 17.6 Å². The van der Waals surface area contributed by atoms with Crippen LogP contribution < -0.4 is 9.62 Å². The first-order valence-corrected chi connectivity index (χ1v) is 9.71. The van der Waals surface area contributed by atoms with Crippen molar-refractivity contribution in [3.8, 4) is 0 Å². The van der Waals surface area contributed by atoms with E-state index in [1.54, 1.807) is 12.1 Å². The summed E-state index contributed by atoms with van der Waals surface area (Å²) in [6.07, 6.45) is 1.68. The lowest BCUT2D eigenvalue weighted by Gasteiger charge is -2.24. The number of hydrogen-bond donors (Lipinski definition) is 1. The molecule has 134 valence electrons. The Balaban J connectivity index is 1.96. The van der Waals surface area contributed by atoms with Crippen LogP contribution in [0.4, 0.5) is 15.8 Å². The van der Waals surface area contributed by atoms with Gasteiger partial charge in [-0.25, -0.2) is 12.8 Å². The number of carbonyl (C=O) groups excluding carboxylic acids is 1. The van der Waals surface area contributed by atoms with Crippen molar-refractivity contribution in [2.45, 2.75) is 19.8 Å². The number of amides is 1. The van der Waals surface area contributed by atoms with Crippen molar-refractivity contribution in [3.05, 3.63) is 59.9 Å². The second kappa shape index (κ2) is 8.11. The average molecular weight is 364 g/mol. The van der Waals surface area contributed by atoms with E-state index in [0.29, 0.717) is 17.8 Å². The predicted octanol–water partition coefficient (Wildman–Crippen LogP) is 3.32. The quantitative estimate of drug-likeness (QED) is 0.820. The third-order valence-corrected chi connectivity index (χ3v) is 4.86. The molecule has 0 aliphatic heterocycles. The fourth-order valence-corrected chi connectivity index (χ4v) is 3.47. The number of nitrogens with zero attached hydrogens (tertiary/aromatic N) is 1. The van der Waals surface area contributed by atoms with Gasteiger partial charge in [0.25, 0.3) is 0 Å². The molecular weight excluding hydrogens is 343 g/mol. The first-order chi connectivity index (χ1) is 11.8. The Hall–Kier alpha value is -2.41. The van der Waals surface area contributed by atoms with E-state index in [1.165, 1.54) is 28.6 Å². The van der Waals surface area contributed by atoms with Gasteiger partial charge in [0.05, 0.1) is 11.9 Å². The molecule has 0 saturated carbocycles. The molecule has 0 spiro atoms. The third-order valence-electron chi connectivity index (χ3n) is 3.68. The number of aryl methyl sites for hydroxylation is 1. The van der Waals surface area contributed by atoms with Crippen LogP contribution in [0.15, 0.2) is 48.5 Å². The van der Waals surface area contributed by atoms with Crippen LogP contribution in [-0.4, -0.2) is 27.1 Å². The fraction of sp³-hybridized carbons (Fsp3) is 0.278. The van der Waals surface area contributed by atoms with Crippen molar-refractivity contribution in [1.82, 2.24) is 0 Å². The molecule has 0 aliphatic rings. The molecule has 0 unspecified atom stereocenters. The Morgan fingerprint density at radius 3 is 2.36 bits per heavy atom. The van der Waals surface area contributed by atoms with Gasteiger partial charge in [-0.1, -0.05) is 18.2 Å². The number of nitrogens with one attached hydrogen (secondary N) is 1. The highest BCUT2D eigenvalue weighted by Crippen LogP contribution is 2.22. The zero-order valence-electron chi connectivity index (χ0n) is 14.2. The molecule has 0 aromatic heterocycles. The number of rotatable bonds is 7.